The highest BCUT2D eigenvalue weighted by Gasteiger charge is 2.41. The van der Waals surface area contributed by atoms with E-state index in [-0.39, 0.29) is 11.3 Å². The van der Waals surface area contributed by atoms with E-state index in [1.54, 1.807) is 4.90 Å². The van der Waals surface area contributed by atoms with Gasteiger partial charge in [-0.1, -0.05) is 13.8 Å². The van der Waals surface area contributed by atoms with Crippen LogP contribution in [0.5, 0.6) is 0 Å². The van der Waals surface area contributed by atoms with Crippen molar-refractivity contribution in [3.05, 3.63) is 0 Å². The summed E-state index contributed by atoms with van der Waals surface area (Å²) in [5, 5.41) is 8.74. The Kier molecular flexibility index (Phi) is 2.60. The molecule has 0 aromatic rings. The largest absolute Gasteiger partial charge is 0.339 e. The van der Waals surface area contributed by atoms with Crippen LogP contribution in [0.25, 0.3) is 0 Å². The van der Waals surface area contributed by atoms with Crippen molar-refractivity contribution in [2.24, 2.45) is 11.3 Å². The molecule has 3 nitrogen and oxygen atoms in total. The van der Waals surface area contributed by atoms with E-state index in [2.05, 4.69) is 6.07 Å². The molecular weight excluding hydrogens is 164 g/mol. The van der Waals surface area contributed by atoms with Gasteiger partial charge in [-0.3, -0.25) is 4.79 Å². The van der Waals surface area contributed by atoms with Crippen LogP contribution in [0.4, 0.5) is 0 Å². The predicted octanol–water partition coefficient (Wildman–Crippen LogP) is 1.40. The Bertz CT molecular complexity index is 246. The Hall–Kier alpha value is -1.04. The van der Waals surface area contributed by atoms with Gasteiger partial charge in [0.05, 0.1) is 11.5 Å². The molecule has 0 aromatic carbocycles. The molecule has 3 heteroatoms. The molecule has 0 radical (unpaired) electrons. The molecule has 72 valence electrons. The van der Waals surface area contributed by atoms with Gasteiger partial charge in [-0.05, 0) is 12.8 Å². The Balaban J connectivity index is 2.36. The van der Waals surface area contributed by atoms with E-state index in [1.165, 1.54) is 0 Å². The van der Waals surface area contributed by atoms with Gasteiger partial charge >= 0.3 is 0 Å². The highest BCUT2D eigenvalue weighted by Crippen LogP contribution is 2.29. The third-order valence-electron chi connectivity index (χ3n) is 2.29. The molecule has 0 aromatic heterocycles. The van der Waals surface area contributed by atoms with E-state index < -0.39 is 0 Å². The van der Waals surface area contributed by atoms with Crippen LogP contribution in [0.15, 0.2) is 0 Å². The third-order valence-corrected chi connectivity index (χ3v) is 2.29. The van der Waals surface area contributed by atoms with Gasteiger partial charge in [-0.25, -0.2) is 0 Å². The molecular formula is C10H16N2O. The second kappa shape index (κ2) is 3.37. The molecule has 1 amide bonds. The molecule has 1 fully saturated rings. The monoisotopic (exact) mass is 180 g/mol. The number of amides is 1. The number of nitrogens with zero attached hydrogens (tertiary/aromatic N) is 2. The average Bonchev–Trinajstić information content (AvgIpc) is 1.97. The zero-order valence-electron chi connectivity index (χ0n) is 8.50. The van der Waals surface area contributed by atoms with Gasteiger partial charge in [0.1, 0.15) is 0 Å². The molecule has 1 heterocycles. The molecule has 0 unspecified atom stereocenters. The van der Waals surface area contributed by atoms with Crippen LogP contribution in [0.1, 0.15) is 27.2 Å². The van der Waals surface area contributed by atoms with Crippen molar-refractivity contribution in [1.29, 1.82) is 5.26 Å². The molecule has 1 aliphatic rings. The lowest BCUT2D eigenvalue weighted by atomic mass is 9.83. The second-order valence-electron chi connectivity index (χ2n) is 4.52. The molecule has 0 aliphatic carbocycles. The van der Waals surface area contributed by atoms with Crippen molar-refractivity contribution in [2.45, 2.75) is 27.2 Å². The first-order valence-electron chi connectivity index (χ1n) is 4.66. The summed E-state index contributed by atoms with van der Waals surface area (Å²) in [6.07, 6.45) is 0.599. The number of hydrogen-bond donors (Lipinski definition) is 0. The second-order valence-corrected chi connectivity index (χ2v) is 4.52. The first-order valence-corrected chi connectivity index (χ1v) is 4.66. The SMILES string of the molecule is CC(C)CC(=O)N1CC(C)(C#N)C1. The summed E-state index contributed by atoms with van der Waals surface area (Å²) >= 11 is 0. The highest BCUT2D eigenvalue weighted by molar-refractivity contribution is 5.77. The molecule has 1 saturated heterocycles. The number of nitriles is 1. The minimum Gasteiger partial charge on any atom is -0.339 e. The van der Waals surface area contributed by atoms with Crippen molar-refractivity contribution in [1.82, 2.24) is 4.90 Å². The van der Waals surface area contributed by atoms with Gasteiger partial charge in [-0.15, -0.1) is 0 Å². The van der Waals surface area contributed by atoms with Gasteiger partial charge in [0.2, 0.25) is 5.91 Å². The summed E-state index contributed by atoms with van der Waals surface area (Å²) in [4.78, 5) is 13.2. The van der Waals surface area contributed by atoms with Gasteiger partial charge in [0.25, 0.3) is 0 Å². The van der Waals surface area contributed by atoms with E-state index in [1.807, 2.05) is 20.8 Å². The van der Waals surface area contributed by atoms with Crippen LogP contribution in [0.2, 0.25) is 0 Å². The summed E-state index contributed by atoms with van der Waals surface area (Å²) < 4.78 is 0. The predicted molar refractivity (Wildman–Crippen MR) is 49.8 cm³/mol. The van der Waals surface area contributed by atoms with Crippen LogP contribution in [0, 0.1) is 22.7 Å². The van der Waals surface area contributed by atoms with E-state index in [4.69, 9.17) is 5.26 Å². The summed E-state index contributed by atoms with van der Waals surface area (Å²) in [6, 6.07) is 2.22. The Morgan fingerprint density at radius 2 is 2.15 bits per heavy atom. The minimum absolute atomic E-state index is 0.183. The summed E-state index contributed by atoms with van der Waals surface area (Å²) in [7, 11) is 0. The van der Waals surface area contributed by atoms with Gasteiger partial charge in [0, 0.05) is 19.5 Å². The molecule has 0 N–H and O–H groups in total. The number of carbonyl (C=O) groups excluding carboxylic acids is 1. The fourth-order valence-electron chi connectivity index (χ4n) is 1.52. The zero-order chi connectivity index (χ0) is 10.1. The molecule has 1 aliphatic heterocycles. The summed E-state index contributed by atoms with van der Waals surface area (Å²) in [5.74, 6) is 0.587. The topological polar surface area (TPSA) is 44.1 Å². The van der Waals surface area contributed by atoms with Crippen LogP contribution in [0.3, 0.4) is 0 Å². The number of hydrogen-bond acceptors (Lipinski definition) is 2. The maximum atomic E-state index is 11.5. The van der Waals surface area contributed by atoms with Crippen molar-refractivity contribution in [3.63, 3.8) is 0 Å². The molecule has 0 saturated carbocycles. The molecule has 0 spiro atoms. The Morgan fingerprint density at radius 1 is 1.62 bits per heavy atom. The van der Waals surface area contributed by atoms with Crippen molar-refractivity contribution in [3.8, 4) is 6.07 Å². The smallest absolute Gasteiger partial charge is 0.222 e. The minimum atomic E-state index is -0.285. The first-order chi connectivity index (χ1) is 5.97. The quantitative estimate of drug-likeness (QED) is 0.644. The number of likely N-dealkylation sites (tertiary alicyclic amines) is 1. The van der Waals surface area contributed by atoms with E-state index in [0.29, 0.717) is 25.4 Å². The van der Waals surface area contributed by atoms with E-state index in [0.717, 1.165) is 0 Å². The van der Waals surface area contributed by atoms with Crippen molar-refractivity contribution in [2.75, 3.05) is 13.1 Å². The normalized spacial score (nSPS) is 19.5. The van der Waals surface area contributed by atoms with E-state index in [9.17, 15) is 4.79 Å². The number of rotatable bonds is 2. The Labute approximate surface area is 79.3 Å². The molecule has 1 rings (SSSR count). The van der Waals surface area contributed by atoms with Crippen LogP contribution in [-0.2, 0) is 4.79 Å². The first kappa shape index (κ1) is 10.0. The lowest BCUT2D eigenvalue weighted by molar-refractivity contribution is -0.140. The van der Waals surface area contributed by atoms with E-state index >= 15 is 0 Å². The average molecular weight is 180 g/mol. The summed E-state index contributed by atoms with van der Waals surface area (Å²) in [5.41, 5.74) is -0.285. The summed E-state index contributed by atoms with van der Waals surface area (Å²) in [6.45, 7) is 7.17. The van der Waals surface area contributed by atoms with Gasteiger partial charge in [0.15, 0.2) is 0 Å². The van der Waals surface area contributed by atoms with Crippen molar-refractivity contribution >= 4 is 5.91 Å². The lowest BCUT2D eigenvalue weighted by Gasteiger charge is -2.43. The Morgan fingerprint density at radius 3 is 2.54 bits per heavy atom. The van der Waals surface area contributed by atoms with Crippen LogP contribution in [-0.4, -0.2) is 23.9 Å². The maximum Gasteiger partial charge on any atom is 0.222 e. The highest BCUT2D eigenvalue weighted by atomic mass is 16.2. The lowest BCUT2D eigenvalue weighted by Crippen LogP contribution is -2.56. The van der Waals surface area contributed by atoms with Crippen LogP contribution >= 0.6 is 0 Å². The fourth-order valence-corrected chi connectivity index (χ4v) is 1.52. The van der Waals surface area contributed by atoms with Gasteiger partial charge < -0.3 is 4.90 Å². The molecule has 13 heavy (non-hydrogen) atoms. The maximum absolute atomic E-state index is 11.5. The fraction of sp³-hybridized carbons (Fsp3) is 0.800. The van der Waals surface area contributed by atoms with Crippen LogP contribution < -0.4 is 0 Å². The third kappa shape index (κ3) is 2.21. The van der Waals surface area contributed by atoms with Crippen molar-refractivity contribution < 1.29 is 4.79 Å². The zero-order valence-corrected chi connectivity index (χ0v) is 8.50. The molecule has 0 atom stereocenters. The standard InChI is InChI=1S/C10H16N2O/c1-8(2)4-9(13)12-6-10(3,5-11)7-12/h8H,4,6-7H2,1-3H3. The van der Waals surface area contributed by atoms with Gasteiger partial charge in [-0.2, -0.15) is 5.26 Å². The number of carbonyl (C=O) groups is 1. The molecule has 0 bridgehead atoms.